The van der Waals surface area contributed by atoms with E-state index in [1.807, 2.05) is 6.07 Å². The highest BCUT2D eigenvalue weighted by atomic mass is 16.5. The third kappa shape index (κ3) is 6.75. The van der Waals surface area contributed by atoms with Gasteiger partial charge in [-0.3, -0.25) is 0 Å². The zero-order valence-electron chi connectivity index (χ0n) is 15.6. The molecule has 1 aliphatic rings. The molecule has 0 spiro atoms. The van der Waals surface area contributed by atoms with Crippen molar-refractivity contribution in [3.05, 3.63) is 54.1 Å². The number of hydrogen-bond acceptors (Lipinski definition) is 4. The van der Waals surface area contributed by atoms with Crippen LogP contribution in [0.3, 0.4) is 0 Å². The van der Waals surface area contributed by atoms with Gasteiger partial charge in [0.25, 0.3) is 0 Å². The number of ether oxygens (including phenoxy) is 1. The van der Waals surface area contributed by atoms with Gasteiger partial charge < -0.3 is 19.8 Å². The molecule has 0 radical (unpaired) electrons. The van der Waals surface area contributed by atoms with Crippen molar-refractivity contribution >= 4 is 22.7 Å². The van der Waals surface area contributed by atoms with Gasteiger partial charge in [0.2, 0.25) is 0 Å². The molecule has 144 valence electrons. The number of carbonyl (C=O) groups is 2. The van der Waals surface area contributed by atoms with E-state index in [-0.39, 0.29) is 0 Å². The summed E-state index contributed by atoms with van der Waals surface area (Å²) in [4.78, 5) is 21.6. The van der Waals surface area contributed by atoms with Gasteiger partial charge in [-0.05, 0) is 54.8 Å². The summed E-state index contributed by atoms with van der Waals surface area (Å²) in [6.07, 6.45) is 4.97. The monoisotopic (exact) mass is 371 g/mol. The maximum Gasteiger partial charge on any atom is 0.328 e. The minimum atomic E-state index is -1.26. The van der Waals surface area contributed by atoms with Gasteiger partial charge in [0, 0.05) is 24.7 Å². The van der Waals surface area contributed by atoms with Crippen LogP contribution < -0.4 is 4.74 Å². The van der Waals surface area contributed by atoms with Crippen LogP contribution in [0.2, 0.25) is 0 Å². The van der Waals surface area contributed by atoms with Gasteiger partial charge in [-0.15, -0.1) is 0 Å². The van der Waals surface area contributed by atoms with Crippen LogP contribution in [0.25, 0.3) is 10.8 Å². The molecule has 0 aromatic heterocycles. The molecule has 1 saturated carbocycles. The van der Waals surface area contributed by atoms with E-state index in [9.17, 15) is 9.59 Å². The number of carboxylic acids is 2. The Balaban J connectivity index is 0.000000279. The summed E-state index contributed by atoms with van der Waals surface area (Å²) in [6.45, 7) is 1.14. The molecule has 2 aromatic rings. The first-order valence-electron chi connectivity index (χ1n) is 8.80. The molecule has 0 atom stereocenters. The Hall–Kier alpha value is -2.86. The number of rotatable bonds is 7. The standard InChI is InChI=1S/C17H21NO.C4H4O4/c1-18(15-7-8-15)11-10-14-5-3-4-13-6-9-16(19-2)12-17(13)14;5-3(6)1-2-4(7)8/h3-6,9,12,15H,7-8,10-11H2,1-2H3;1-2H,(H,5,6)(H,7,8)/b;2-1+. The second-order valence-corrected chi connectivity index (χ2v) is 6.48. The first-order chi connectivity index (χ1) is 12.9. The Kier molecular flexibility index (Phi) is 7.37. The minimum Gasteiger partial charge on any atom is -0.497 e. The van der Waals surface area contributed by atoms with Crippen LogP contribution in [0.4, 0.5) is 0 Å². The van der Waals surface area contributed by atoms with Gasteiger partial charge in [0.05, 0.1) is 7.11 Å². The number of fused-ring (bicyclic) bond motifs is 1. The summed E-state index contributed by atoms with van der Waals surface area (Å²) >= 11 is 0. The molecular formula is C21H25NO5. The van der Waals surface area contributed by atoms with Crippen molar-refractivity contribution in [1.29, 1.82) is 0 Å². The van der Waals surface area contributed by atoms with E-state index < -0.39 is 11.9 Å². The predicted molar refractivity (Wildman–Crippen MR) is 104 cm³/mol. The summed E-state index contributed by atoms with van der Waals surface area (Å²) in [6, 6.07) is 13.7. The molecular weight excluding hydrogens is 346 g/mol. The van der Waals surface area contributed by atoms with E-state index in [0.29, 0.717) is 12.2 Å². The fourth-order valence-electron chi connectivity index (χ4n) is 2.80. The van der Waals surface area contributed by atoms with Crippen molar-refractivity contribution in [3.63, 3.8) is 0 Å². The predicted octanol–water partition coefficient (Wildman–Crippen LogP) is 3.20. The van der Waals surface area contributed by atoms with Crippen molar-refractivity contribution in [3.8, 4) is 5.75 Å². The van der Waals surface area contributed by atoms with E-state index in [1.165, 1.54) is 29.2 Å². The summed E-state index contributed by atoms with van der Waals surface area (Å²) in [5.41, 5.74) is 1.42. The smallest absolute Gasteiger partial charge is 0.328 e. The SMILES string of the molecule is COc1ccc2cccc(CCN(C)C3CC3)c2c1.O=C(O)/C=C/C(=O)O. The molecule has 1 aliphatic carbocycles. The Morgan fingerprint density at radius 1 is 1.15 bits per heavy atom. The van der Waals surface area contributed by atoms with Crippen LogP contribution in [0.15, 0.2) is 48.6 Å². The second-order valence-electron chi connectivity index (χ2n) is 6.48. The van der Waals surface area contributed by atoms with Crippen LogP contribution in [-0.2, 0) is 16.0 Å². The van der Waals surface area contributed by atoms with E-state index in [1.54, 1.807) is 7.11 Å². The minimum absolute atomic E-state index is 0.558. The van der Waals surface area contributed by atoms with E-state index in [4.69, 9.17) is 14.9 Å². The highest BCUT2D eigenvalue weighted by Crippen LogP contribution is 2.27. The number of carboxylic acid groups (broad SMARTS) is 2. The topological polar surface area (TPSA) is 87.1 Å². The van der Waals surface area contributed by atoms with Crippen molar-refractivity contribution in [2.45, 2.75) is 25.3 Å². The van der Waals surface area contributed by atoms with Gasteiger partial charge in [-0.2, -0.15) is 0 Å². The number of aliphatic carboxylic acids is 2. The Morgan fingerprint density at radius 3 is 2.37 bits per heavy atom. The number of methoxy groups -OCH3 is 1. The van der Waals surface area contributed by atoms with Gasteiger partial charge >= 0.3 is 11.9 Å². The van der Waals surface area contributed by atoms with Gasteiger partial charge in [-0.1, -0.05) is 24.3 Å². The van der Waals surface area contributed by atoms with Crippen molar-refractivity contribution in [2.24, 2.45) is 0 Å². The van der Waals surface area contributed by atoms with Crippen LogP contribution in [0.1, 0.15) is 18.4 Å². The average molecular weight is 371 g/mol. The molecule has 0 bridgehead atoms. The molecule has 0 amide bonds. The maximum atomic E-state index is 9.55. The molecule has 0 heterocycles. The van der Waals surface area contributed by atoms with Crippen molar-refractivity contribution in [1.82, 2.24) is 4.90 Å². The highest BCUT2D eigenvalue weighted by Gasteiger charge is 2.25. The zero-order valence-corrected chi connectivity index (χ0v) is 15.6. The summed E-state index contributed by atoms with van der Waals surface area (Å²) in [5.74, 6) is -1.57. The van der Waals surface area contributed by atoms with E-state index in [0.717, 1.165) is 24.8 Å². The normalized spacial score (nSPS) is 13.4. The molecule has 6 heteroatoms. The number of benzene rings is 2. The summed E-state index contributed by atoms with van der Waals surface area (Å²) in [7, 11) is 3.97. The lowest BCUT2D eigenvalue weighted by Crippen LogP contribution is -2.23. The molecule has 0 saturated heterocycles. The Labute approximate surface area is 158 Å². The molecule has 0 unspecified atom stereocenters. The van der Waals surface area contributed by atoms with E-state index >= 15 is 0 Å². The number of hydrogen-bond donors (Lipinski definition) is 2. The number of likely N-dealkylation sites (N-methyl/N-ethyl adjacent to an activating group) is 1. The summed E-state index contributed by atoms with van der Waals surface area (Å²) in [5, 5.41) is 18.2. The fourth-order valence-corrected chi connectivity index (χ4v) is 2.80. The molecule has 27 heavy (non-hydrogen) atoms. The third-order valence-corrected chi connectivity index (χ3v) is 4.45. The first-order valence-corrected chi connectivity index (χ1v) is 8.80. The van der Waals surface area contributed by atoms with Crippen molar-refractivity contribution in [2.75, 3.05) is 20.7 Å². The quantitative estimate of drug-likeness (QED) is 0.727. The molecule has 6 nitrogen and oxygen atoms in total. The second kappa shape index (κ2) is 9.73. The van der Waals surface area contributed by atoms with Gasteiger partial charge in [-0.25, -0.2) is 9.59 Å². The molecule has 2 N–H and O–H groups in total. The fraction of sp³-hybridized carbons (Fsp3) is 0.333. The highest BCUT2D eigenvalue weighted by molar-refractivity contribution is 5.89. The van der Waals surface area contributed by atoms with Crippen LogP contribution in [-0.4, -0.2) is 53.8 Å². The number of nitrogens with zero attached hydrogens (tertiary/aromatic N) is 1. The molecule has 3 rings (SSSR count). The molecule has 1 fully saturated rings. The lowest BCUT2D eigenvalue weighted by atomic mass is 10.0. The van der Waals surface area contributed by atoms with Crippen molar-refractivity contribution < 1.29 is 24.5 Å². The lowest BCUT2D eigenvalue weighted by Gasteiger charge is -2.16. The van der Waals surface area contributed by atoms with Gasteiger partial charge in [0.1, 0.15) is 5.75 Å². The van der Waals surface area contributed by atoms with Crippen LogP contribution >= 0.6 is 0 Å². The largest absolute Gasteiger partial charge is 0.497 e. The van der Waals surface area contributed by atoms with Crippen LogP contribution in [0.5, 0.6) is 5.75 Å². The Morgan fingerprint density at radius 2 is 1.81 bits per heavy atom. The molecule has 0 aliphatic heterocycles. The zero-order chi connectivity index (χ0) is 19.8. The van der Waals surface area contributed by atoms with E-state index in [2.05, 4.69) is 42.3 Å². The first kappa shape index (κ1) is 20.5. The third-order valence-electron chi connectivity index (χ3n) is 4.45. The average Bonchev–Trinajstić information content (AvgIpc) is 3.49. The van der Waals surface area contributed by atoms with Crippen LogP contribution in [0, 0.1) is 0 Å². The summed E-state index contributed by atoms with van der Waals surface area (Å²) < 4.78 is 5.34. The maximum absolute atomic E-state index is 9.55. The van der Waals surface area contributed by atoms with Gasteiger partial charge in [0.15, 0.2) is 0 Å². The Bertz CT molecular complexity index is 810. The lowest BCUT2D eigenvalue weighted by molar-refractivity contribution is -0.134. The molecule has 2 aromatic carbocycles.